The van der Waals surface area contributed by atoms with Crippen LogP contribution in [0.15, 0.2) is 30.3 Å². The predicted octanol–water partition coefficient (Wildman–Crippen LogP) is 1.35. The summed E-state index contributed by atoms with van der Waals surface area (Å²) in [6, 6.07) is 7.52. The molecule has 0 aliphatic rings. The number of hydrogen-bond donors (Lipinski definition) is 2. The van der Waals surface area contributed by atoms with E-state index in [1.807, 2.05) is 0 Å². The van der Waals surface area contributed by atoms with E-state index < -0.39 is 18.6 Å². The molecular formula is C9H10F2O2. The third kappa shape index (κ3) is 2.23. The van der Waals surface area contributed by atoms with Crippen LogP contribution in [-0.4, -0.2) is 22.7 Å². The van der Waals surface area contributed by atoms with Crippen LogP contribution in [0, 0.1) is 0 Å². The maximum atomic E-state index is 12.7. The Morgan fingerprint density at radius 2 is 1.77 bits per heavy atom. The molecule has 72 valence electrons. The predicted molar refractivity (Wildman–Crippen MR) is 43.4 cm³/mol. The van der Waals surface area contributed by atoms with Gasteiger partial charge in [0, 0.05) is 0 Å². The molecule has 0 aliphatic heterocycles. The third-order valence-electron chi connectivity index (χ3n) is 1.73. The summed E-state index contributed by atoms with van der Waals surface area (Å²) in [6.07, 6.45) is -1.95. The molecule has 1 atom stereocenters. The molecule has 0 fully saturated rings. The van der Waals surface area contributed by atoms with E-state index in [0.29, 0.717) is 0 Å². The first-order valence-electron chi connectivity index (χ1n) is 3.79. The van der Waals surface area contributed by atoms with Crippen molar-refractivity contribution in [2.24, 2.45) is 0 Å². The van der Waals surface area contributed by atoms with E-state index in [0.717, 1.165) is 0 Å². The zero-order valence-electron chi connectivity index (χ0n) is 6.82. The standard InChI is InChI=1S/C9H10F2O2/c10-9(11,6-12)8(13)7-4-2-1-3-5-7/h1-5,8,12-13H,6H2/t8-/m1/s1. The van der Waals surface area contributed by atoms with E-state index in [1.165, 1.54) is 12.1 Å². The fourth-order valence-electron chi connectivity index (χ4n) is 0.966. The summed E-state index contributed by atoms with van der Waals surface area (Å²) in [5.74, 6) is -3.48. The molecule has 0 aromatic heterocycles. The Morgan fingerprint density at radius 3 is 2.23 bits per heavy atom. The summed E-state index contributed by atoms with van der Waals surface area (Å²) < 4.78 is 25.5. The number of rotatable bonds is 3. The van der Waals surface area contributed by atoms with Crippen LogP contribution in [0.5, 0.6) is 0 Å². The van der Waals surface area contributed by atoms with Gasteiger partial charge in [0.15, 0.2) is 0 Å². The fourth-order valence-corrected chi connectivity index (χ4v) is 0.966. The minimum Gasteiger partial charge on any atom is -0.390 e. The number of halogens is 2. The molecule has 0 amide bonds. The largest absolute Gasteiger partial charge is 0.390 e. The van der Waals surface area contributed by atoms with Crippen LogP contribution in [0.4, 0.5) is 8.78 Å². The van der Waals surface area contributed by atoms with Crippen molar-refractivity contribution in [1.82, 2.24) is 0 Å². The van der Waals surface area contributed by atoms with E-state index in [4.69, 9.17) is 10.2 Å². The summed E-state index contributed by atoms with van der Waals surface area (Å²) in [5, 5.41) is 17.5. The second-order valence-electron chi connectivity index (χ2n) is 2.73. The van der Waals surface area contributed by atoms with Crippen molar-refractivity contribution in [2.75, 3.05) is 6.61 Å². The highest BCUT2D eigenvalue weighted by Crippen LogP contribution is 2.30. The second kappa shape index (κ2) is 3.81. The van der Waals surface area contributed by atoms with Crippen molar-refractivity contribution in [3.8, 4) is 0 Å². The molecule has 0 heterocycles. The Balaban J connectivity index is 2.85. The molecule has 0 radical (unpaired) electrons. The lowest BCUT2D eigenvalue weighted by Crippen LogP contribution is -2.30. The minimum absolute atomic E-state index is 0.0987. The SMILES string of the molecule is OCC(F)(F)[C@H](O)c1ccccc1. The van der Waals surface area contributed by atoms with Crippen LogP contribution < -0.4 is 0 Å². The van der Waals surface area contributed by atoms with Gasteiger partial charge in [-0.3, -0.25) is 0 Å². The number of hydrogen-bond acceptors (Lipinski definition) is 2. The highest BCUT2D eigenvalue weighted by molar-refractivity contribution is 5.19. The number of aliphatic hydroxyl groups excluding tert-OH is 2. The molecular weight excluding hydrogens is 178 g/mol. The number of benzene rings is 1. The topological polar surface area (TPSA) is 40.5 Å². The van der Waals surface area contributed by atoms with Gasteiger partial charge in [-0.15, -0.1) is 0 Å². The Kier molecular flexibility index (Phi) is 2.95. The quantitative estimate of drug-likeness (QED) is 0.751. The van der Waals surface area contributed by atoms with Crippen molar-refractivity contribution >= 4 is 0 Å². The Bertz CT molecular complexity index is 262. The van der Waals surface area contributed by atoms with Crippen molar-refractivity contribution in [1.29, 1.82) is 0 Å². The fraction of sp³-hybridized carbons (Fsp3) is 0.333. The van der Waals surface area contributed by atoms with Crippen LogP contribution >= 0.6 is 0 Å². The van der Waals surface area contributed by atoms with Crippen molar-refractivity contribution in [3.63, 3.8) is 0 Å². The van der Waals surface area contributed by atoms with E-state index >= 15 is 0 Å². The van der Waals surface area contributed by atoms with Gasteiger partial charge in [-0.05, 0) is 5.56 Å². The summed E-state index contributed by atoms with van der Waals surface area (Å²) in [4.78, 5) is 0. The van der Waals surface area contributed by atoms with Gasteiger partial charge in [0.2, 0.25) is 0 Å². The van der Waals surface area contributed by atoms with Gasteiger partial charge in [0.25, 0.3) is 5.92 Å². The molecule has 2 nitrogen and oxygen atoms in total. The van der Waals surface area contributed by atoms with Crippen LogP contribution in [0.25, 0.3) is 0 Å². The summed E-state index contributed by atoms with van der Waals surface area (Å²) >= 11 is 0. The zero-order valence-corrected chi connectivity index (χ0v) is 6.82. The summed E-state index contributed by atoms with van der Waals surface area (Å²) in [5.41, 5.74) is 0.0987. The van der Waals surface area contributed by atoms with Gasteiger partial charge in [0.05, 0.1) is 0 Å². The molecule has 0 aliphatic carbocycles. The minimum atomic E-state index is -3.48. The van der Waals surface area contributed by atoms with E-state index in [-0.39, 0.29) is 5.56 Å². The molecule has 1 aromatic rings. The normalized spacial score (nSPS) is 14.2. The first kappa shape index (κ1) is 10.1. The average Bonchev–Trinajstić information content (AvgIpc) is 2.18. The lowest BCUT2D eigenvalue weighted by atomic mass is 10.0. The third-order valence-corrected chi connectivity index (χ3v) is 1.73. The van der Waals surface area contributed by atoms with Crippen molar-refractivity contribution in [3.05, 3.63) is 35.9 Å². The zero-order chi connectivity index (χ0) is 9.90. The van der Waals surface area contributed by atoms with Gasteiger partial charge in [-0.1, -0.05) is 30.3 Å². The molecule has 0 bridgehead atoms. The smallest absolute Gasteiger partial charge is 0.300 e. The molecule has 1 rings (SSSR count). The number of aliphatic hydroxyl groups is 2. The van der Waals surface area contributed by atoms with Gasteiger partial charge in [-0.25, -0.2) is 8.78 Å². The van der Waals surface area contributed by atoms with Crippen LogP contribution in [0.1, 0.15) is 11.7 Å². The Labute approximate surface area is 74.4 Å². The van der Waals surface area contributed by atoms with Gasteiger partial charge in [-0.2, -0.15) is 0 Å². The molecule has 4 heteroatoms. The monoisotopic (exact) mass is 188 g/mol. The van der Waals surface area contributed by atoms with Gasteiger partial charge >= 0.3 is 0 Å². The van der Waals surface area contributed by atoms with E-state index in [9.17, 15) is 8.78 Å². The van der Waals surface area contributed by atoms with E-state index in [1.54, 1.807) is 18.2 Å². The Morgan fingerprint density at radius 1 is 1.23 bits per heavy atom. The highest BCUT2D eigenvalue weighted by atomic mass is 19.3. The second-order valence-corrected chi connectivity index (χ2v) is 2.73. The first-order valence-corrected chi connectivity index (χ1v) is 3.79. The van der Waals surface area contributed by atoms with Crippen LogP contribution in [0.2, 0.25) is 0 Å². The molecule has 13 heavy (non-hydrogen) atoms. The molecule has 0 unspecified atom stereocenters. The molecule has 1 aromatic carbocycles. The summed E-state index contributed by atoms with van der Waals surface area (Å²) in [7, 11) is 0. The lowest BCUT2D eigenvalue weighted by Gasteiger charge is -2.20. The summed E-state index contributed by atoms with van der Waals surface area (Å²) in [6.45, 7) is -1.36. The molecule has 0 saturated carbocycles. The highest BCUT2D eigenvalue weighted by Gasteiger charge is 2.38. The van der Waals surface area contributed by atoms with Crippen molar-refractivity contribution < 1.29 is 19.0 Å². The Hall–Kier alpha value is -1.00. The first-order chi connectivity index (χ1) is 6.08. The average molecular weight is 188 g/mol. The van der Waals surface area contributed by atoms with Crippen molar-refractivity contribution in [2.45, 2.75) is 12.0 Å². The van der Waals surface area contributed by atoms with Crippen LogP contribution in [-0.2, 0) is 0 Å². The van der Waals surface area contributed by atoms with Gasteiger partial charge < -0.3 is 10.2 Å². The molecule has 2 N–H and O–H groups in total. The number of alkyl halides is 2. The van der Waals surface area contributed by atoms with Crippen LogP contribution in [0.3, 0.4) is 0 Å². The lowest BCUT2D eigenvalue weighted by molar-refractivity contribution is -0.138. The van der Waals surface area contributed by atoms with E-state index in [2.05, 4.69) is 0 Å². The maximum absolute atomic E-state index is 12.7. The molecule has 0 saturated heterocycles. The van der Waals surface area contributed by atoms with Gasteiger partial charge in [0.1, 0.15) is 12.7 Å². The maximum Gasteiger partial charge on any atom is 0.300 e. The molecule has 0 spiro atoms.